The van der Waals surface area contributed by atoms with E-state index in [2.05, 4.69) is 11.9 Å². The molecule has 0 saturated carbocycles. The van der Waals surface area contributed by atoms with Crippen molar-refractivity contribution in [2.45, 2.75) is 6.92 Å². The number of urea groups is 1. The predicted molar refractivity (Wildman–Crippen MR) is 76.0 cm³/mol. The molecule has 0 aliphatic rings. The molecule has 0 saturated heterocycles. The van der Waals surface area contributed by atoms with Crippen LogP contribution in [0, 0.1) is 5.82 Å². The highest BCUT2D eigenvalue weighted by atomic mass is 19.1. The molecule has 0 radical (unpaired) electrons. The van der Waals surface area contributed by atoms with Gasteiger partial charge in [0.2, 0.25) is 0 Å². The highest BCUT2D eigenvalue weighted by Gasteiger charge is 2.16. The molecule has 21 heavy (non-hydrogen) atoms. The Labute approximate surface area is 121 Å². The second-order valence-electron chi connectivity index (χ2n) is 4.07. The molecule has 0 fully saturated rings. The van der Waals surface area contributed by atoms with Crippen molar-refractivity contribution < 1.29 is 23.8 Å². The van der Waals surface area contributed by atoms with Gasteiger partial charge in [-0.2, -0.15) is 0 Å². The van der Waals surface area contributed by atoms with Crippen LogP contribution in [0.2, 0.25) is 0 Å². The van der Waals surface area contributed by atoms with E-state index in [-0.39, 0.29) is 18.0 Å². The number of rotatable bonds is 7. The first-order chi connectivity index (χ1) is 9.97. The number of hydrogen-bond donors (Lipinski definition) is 2. The van der Waals surface area contributed by atoms with Crippen molar-refractivity contribution in [3.05, 3.63) is 36.7 Å². The predicted octanol–water partition coefficient (Wildman–Crippen LogP) is 2.33. The van der Waals surface area contributed by atoms with Gasteiger partial charge in [-0.05, 0) is 19.1 Å². The van der Waals surface area contributed by atoms with Crippen molar-refractivity contribution in [1.29, 1.82) is 0 Å². The summed E-state index contributed by atoms with van der Waals surface area (Å²) in [5.74, 6) is -1.67. The lowest BCUT2D eigenvalue weighted by molar-refractivity contribution is -0.137. The molecule has 0 atom stereocenters. The molecule has 2 N–H and O–H groups in total. The summed E-state index contributed by atoms with van der Waals surface area (Å²) in [5, 5.41) is 11.2. The molecule has 0 bridgehead atoms. The van der Waals surface area contributed by atoms with E-state index in [1.165, 1.54) is 18.2 Å². The minimum absolute atomic E-state index is 0.0671. The van der Waals surface area contributed by atoms with Crippen LogP contribution in [0.15, 0.2) is 30.9 Å². The summed E-state index contributed by atoms with van der Waals surface area (Å²) < 4.78 is 18.7. The van der Waals surface area contributed by atoms with Crippen LogP contribution in [0.1, 0.15) is 6.92 Å². The average Bonchev–Trinajstić information content (AvgIpc) is 2.41. The van der Waals surface area contributed by atoms with E-state index in [1.807, 2.05) is 0 Å². The van der Waals surface area contributed by atoms with E-state index in [4.69, 9.17) is 9.84 Å². The fraction of sp³-hybridized carbons (Fsp3) is 0.286. The molecule has 0 aromatic heterocycles. The maximum Gasteiger partial charge on any atom is 0.323 e. The van der Waals surface area contributed by atoms with E-state index in [9.17, 15) is 14.0 Å². The Morgan fingerprint density at radius 2 is 2.24 bits per heavy atom. The smallest absolute Gasteiger partial charge is 0.323 e. The SMILES string of the molecule is C=CCN(CC(=O)O)C(=O)Nc1ccc(OCC)c(F)c1. The highest BCUT2D eigenvalue weighted by Crippen LogP contribution is 2.21. The van der Waals surface area contributed by atoms with Gasteiger partial charge in [0.25, 0.3) is 0 Å². The van der Waals surface area contributed by atoms with Crippen molar-refractivity contribution in [3.63, 3.8) is 0 Å². The van der Waals surface area contributed by atoms with Crippen molar-refractivity contribution in [2.75, 3.05) is 25.0 Å². The van der Waals surface area contributed by atoms with Crippen LogP contribution in [0.25, 0.3) is 0 Å². The standard InChI is InChI=1S/C14H17FN2O4/c1-3-7-17(9-13(18)19)14(20)16-10-5-6-12(21-4-2)11(15)8-10/h3,5-6,8H,1,4,7,9H2,2H3,(H,16,20)(H,18,19). The molecule has 1 rings (SSSR count). The minimum atomic E-state index is -1.15. The van der Waals surface area contributed by atoms with Gasteiger partial charge in [0.1, 0.15) is 6.54 Å². The van der Waals surface area contributed by atoms with Gasteiger partial charge in [0.05, 0.1) is 6.61 Å². The quantitative estimate of drug-likeness (QED) is 0.757. The van der Waals surface area contributed by atoms with Crippen LogP contribution in [0.5, 0.6) is 5.75 Å². The number of halogens is 1. The van der Waals surface area contributed by atoms with E-state index < -0.39 is 24.4 Å². The number of benzene rings is 1. The molecule has 7 heteroatoms. The van der Waals surface area contributed by atoms with Gasteiger partial charge >= 0.3 is 12.0 Å². The minimum Gasteiger partial charge on any atom is -0.491 e. The van der Waals surface area contributed by atoms with Gasteiger partial charge in [-0.3, -0.25) is 4.79 Å². The third-order valence-corrected chi connectivity index (χ3v) is 2.45. The molecule has 2 amide bonds. The first kappa shape index (κ1) is 16.5. The molecule has 1 aromatic rings. The third-order valence-electron chi connectivity index (χ3n) is 2.45. The van der Waals surface area contributed by atoms with Crippen LogP contribution in [-0.4, -0.2) is 41.7 Å². The summed E-state index contributed by atoms with van der Waals surface area (Å²) >= 11 is 0. The zero-order valence-corrected chi connectivity index (χ0v) is 11.6. The monoisotopic (exact) mass is 296 g/mol. The van der Waals surface area contributed by atoms with Crippen molar-refractivity contribution in [1.82, 2.24) is 4.90 Å². The largest absolute Gasteiger partial charge is 0.491 e. The van der Waals surface area contributed by atoms with Gasteiger partial charge in [-0.25, -0.2) is 9.18 Å². The van der Waals surface area contributed by atoms with Crippen LogP contribution in [0.3, 0.4) is 0 Å². The van der Waals surface area contributed by atoms with Gasteiger partial charge in [-0.1, -0.05) is 6.08 Å². The van der Waals surface area contributed by atoms with E-state index in [0.29, 0.717) is 6.61 Å². The Kier molecular flexibility index (Phi) is 6.19. The molecule has 0 spiro atoms. The average molecular weight is 296 g/mol. The molecule has 1 aromatic carbocycles. The van der Waals surface area contributed by atoms with Gasteiger partial charge in [-0.15, -0.1) is 6.58 Å². The molecule has 0 aliphatic carbocycles. The molecule has 0 heterocycles. The van der Waals surface area contributed by atoms with Crippen molar-refractivity contribution in [3.8, 4) is 5.75 Å². The zero-order chi connectivity index (χ0) is 15.8. The number of nitrogens with one attached hydrogen (secondary N) is 1. The van der Waals surface area contributed by atoms with Crippen molar-refractivity contribution in [2.24, 2.45) is 0 Å². The summed E-state index contributed by atoms with van der Waals surface area (Å²) in [6.07, 6.45) is 1.40. The Morgan fingerprint density at radius 3 is 2.76 bits per heavy atom. The second kappa shape index (κ2) is 7.88. The Bertz CT molecular complexity index is 534. The lowest BCUT2D eigenvalue weighted by atomic mass is 10.3. The second-order valence-corrected chi connectivity index (χ2v) is 4.07. The highest BCUT2D eigenvalue weighted by molar-refractivity contribution is 5.91. The first-order valence-corrected chi connectivity index (χ1v) is 6.28. The maximum atomic E-state index is 13.6. The van der Waals surface area contributed by atoms with Gasteiger partial charge in [0.15, 0.2) is 11.6 Å². The Hall–Kier alpha value is -2.57. The number of anilines is 1. The van der Waals surface area contributed by atoms with Crippen LogP contribution < -0.4 is 10.1 Å². The molecule has 114 valence electrons. The number of carbonyl (C=O) groups is 2. The van der Waals surface area contributed by atoms with E-state index in [1.54, 1.807) is 6.92 Å². The topological polar surface area (TPSA) is 78.9 Å². The van der Waals surface area contributed by atoms with Crippen LogP contribution in [-0.2, 0) is 4.79 Å². The first-order valence-electron chi connectivity index (χ1n) is 6.28. The number of aliphatic carboxylic acids is 1. The third kappa shape index (κ3) is 5.13. The van der Waals surface area contributed by atoms with E-state index >= 15 is 0 Å². The number of carboxylic acid groups (broad SMARTS) is 1. The normalized spacial score (nSPS) is 9.81. The summed E-state index contributed by atoms with van der Waals surface area (Å²) in [6, 6.07) is 3.32. The van der Waals surface area contributed by atoms with Crippen LogP contribution in [0.4, 0.5) is 14.9 Å². The van der Waals surface area contributed by atoms with Crippen molar-refractivity contribution >= 4 is 17.7 Å². The van der Waals surface area contributed by atoms with E-state index in [0.717, 1.165) is 11.0 Å². The lowest BCUT2D eigenvalue weighted by Crippen LogP contribution is -2.38. The van der Waals surface area contributed by atoms with Gasteiger partial charge < -0.3 is 20.1 Å². The van der Waals surface area contributed by atoms with Gasteiger partial charge in [0, 0.05) is 18.3 Å². The summed E-state index contributed by atoms with van der Waals surface area (Å²) in [4.78, 5) is 23.6. The Morgan fingerprint density at radius 1 is 1.52 bits per heavy atom. The summed E-state index contributed by atoms with van der Waals surface area (Å²) in [6.45, 7) is 5.10. The maximum absolute atomic E-state index is 13.6. The number of carboxylic acids is 1. The van der Waals surface area contributed by atoms with Crippen LogP contribution >= 0.6 is 0 Å². The molecular formula is C14H17FN2O4. The number of nitrogens with zero attached hydrogens (tertiary/aromatic N) is 1. The summed E-state index contributed by atoms with van der Waals surface area (Å²) in [5.41, 5.74) is 0.209. The fourth-order valence-electron chi connectivity index (χ4n) is 1.59. The zero-order valence-electron chi connectivity index (χ0n) is 11.6. The molecule has 6 nitrogen and oxygen atoms in total. The number of carbonyl (C=O) groups excluding carboxylic acids is 1. The molecule has 0 aliphatic heterocycles. The fourth-order valence-corrected chi connectivity index (χ4v) is 1.59. The lowest BCUT2D eigenvalue weighted by Gasteiger charge is -2.19. The number of ether oxygens (including phenoxy) is 1. The Balaban J connectivity index is 2.78. The number of hydrogen-bond acceptors (Lipinski definition) is 3. The molecular weight excluding hydrogens is 279 g/mol. The molecule has 0 unspecified atom stereocenters. The summed E-state index contributed by atoms with van der Waals surface area (Å²) in [7, 11) is 0. The number of amides is 2.